The summed E-state index contributed by atoms with van der Waals surface area (Å²) < 4.78 is 0. The number of aryl methyl sites for hydroxylation is 1. The smallest absolute Gasteiger partial charge is 0.312 e. The third-order valence-electron chi connectivity index (χ3n) is 4.31. The molecule has 0 aromatic heterocycles. The zero-order valence-electron chi connectivity index (χ0n) is 14.0. The van der Waals surface area contributed by atoms with E-state index in [9.17, 15) is 9.59 Å². The topological polar surface area (TPSA) is 96.2 Å². The number of nitrogens with one attached hydrogen (secondary N) is 3. The minimum Gasteiger partial charge on any atom is -0.356 e. The van der Waals surface area contributed by atoms with Gasteiger partial charge < -0.3 is 21.7 Å². The molecule has 3 amide bonds. The van der Waals surface area contributed by atoms with Crippen molar-refractivity contribution in [1.29, 1.82) is 0 Å². The lowest BCUT2D eigenvalue weighted by molar-refractivity contribution is -0.121. The summed E-state index contributed by atoms with van der Waals surface area (Å²) in [4.78, 5) is 23.4. The Morgan fingerprint density at radius 1 is 1.38 bits per heavy atom. The van der Waals surface area contributed by atoms with Crippen molar-refractivity contribution in [3.05, 3.63) is 35.4 Å². The fraction of sp³-hybridized carbons (Fsp3) is 0.529. The molecule has 134 valence electrons. The van der Waals surface area contributed by atoms with E-state index in [0.717, 1.165) is 30.6 Å². The van der Waals surface area contributed by atoms with Crippen LogP contribution in [-0.2, 0) is 4.79 Å². The maximum atomic E-state index is 12.2. The van der Waals surface area contributed by atoms with Gasteiger partial charge in [-0.05, 0) is 49.9 Å². The molecule has 1 aromatic rings. The number of hydrogen-bond acceptors (Lipinski definition) is 3. The highest BCUT2D eigenvalue weighted by atomic mass is 35.5. The first-order chi connectivity index (χ1) is 11.1. The standard InChI is InChI=1S/C17H26N4O2.ClH/c1-12-4-2-3-5-14(12)15(21-17(18)23)10-16(22)20-9-7-13-6-8-19-11-13;/h2-5,13,15,19H,6-11H2,1H3,(H,20,22)(H3,18,21,23);1H. The van der Waals surface area contributed by atoms with Gasteiger partial charge in [0, 0.05) is 6.54 Å². The van der Waals surface area contributed by atoms with Crippen LogP contribution in [-0.4, -0.2) is 31.6 Å². The SMILES string of the molecule is Cc1ccccc1C(CC(=O)NCCC1CCNC1)NC(N)=O.Cl. The Morgan fingerprint density at radius 3 is 2.75 bits per heavy atom. The van der Waals surface area contributed by atoms with Gasteiger partial charge in [0.25, 0.3) is 0 Å². The average molecular weight is 355 g/mol. The highest BCUT2D eigenvalue weighted by molar-refractivity contribution is 5.85. The third kappa shape index (κ3) is 6.37. The maximum Gasteiger partial charge on any atom is 0.312 e. The van der Waals surface area contributed by atoms with Crippen molar-refractivity contribution >= 4 is 24.3 Å². The molecule has 0 bridgehead atoms. The van der Waals surface area contributed by atoms with Gasteiger partial charge in [0.2, 0.25) is 5.91 Å². The Balaban J connectivity index is 0.00000288. The van der Waals surface area contributed by atoms with Crippen molar-refractivity contribution < 1.29 is 9.59 Å². The summed E-state index contributed by atoms with van der Waals surface area (Å²) in [6.45, 7) is 4.72. The summed E-state index contributed by atoms with van der Waals surface area (Å²) in [5.41, 5.74) is 7.19. The predicted octanol–water partition coefficient (Wildman–Crippen LogP) is 1.63. The second-order valence-corrected chi connectivity index (χ2v) is 6.12. The third-order valence-corrected chi connectivity index (χ3v) is 4.31. The zero-order valence-corrected chi connectivity index (χ0v) is 14.8. The Bertz CT molecular complexity index is 547. The predicted molar refractivity (Wildman–Crippen MR) is 97.1 cm³/mol. The number of carbonyl (C=O) groups excluding carboxylic acids is 2. The van der Waals surface area contributed by atoms with Gasteiger partial charge in [0.1, 0.15) is 0 Å². The summed E-state index contributed by atoms with van der Waals surface area (Å²) in [6.07, 6.45) is 2.35. The molecule has 2 rings (SSSR count). The molecule has 7 heteroatoms. The van der Waals surface area contributed by atoms with Crippen molar-refractivity contribution in [3.63, 3.8) is 0 Å². The minimum atomic E-state index is -0.622. The van der Waals surface area contributed by atoms with Gasteiger partial charge in [-0.2, -0.15) is 0 Å². The molecule has 1 saturated heterocycles. The monoisotopic (exact) mass is 354 g/mol. The molecular weight excluding hydrogens is 328 g/mol. The molecule has 0 spiro atoms. The lowest BCUT2D eigenvalue weighted by atomic mass is 9.98. The summed E-state index contributed by atoms with van der Waals surface area (Å²) in [5, 5.41) is 8.93. The summed E-state index contributed by atoms with van der Waals surface area (Å²) in [7, 11) is 0. The van der Waals surface area contributed by atoms with E-state index in [1.807, 2.05) is 31.2 Å². The number of carbonyl (C=O) groups is 2. The number of primary amides is 1. The van der Waals surface area contributed by atoms with Crippen LogP contribution in [0, 0.1) is 12.8 Å². The molecule has 2 unspecified atom stereocenters. The summed E-state index contributed by atoms with van der Waals surface area (Å²) in [6, 6.07) is 6.66. The average Bonchev–Trinajstić information content (AvgIpc) is 3.00. The molecular formula is C17H27ClN4O2. The lowest BCUT2D eigenvalue weighted by Gasteiger charge is -2.20. The second-order valence-electron chi connectivity index (χ2n) is 6.12. The fourth-order valence-electron chi connectivity index (χ4n) is 3.02. The highest BCUT2D eigenvalue weighted by Crippen LogP contribution is 2.20. The highest BCUT2D eigenvalue weighted by Gasteiger charge is 2.19. The van der Waals surface area contributed by atoms with E-state index >= 15 is 0 Å². The van der Waals surface area contributed by atoms with Crippen LogP contribution >= 0.6 is 12.4 Å². The molecule has 1 fully saturated rings. The molecule has 1 aliphatic heterocycles. The Labute approximate surface area is 149 Å². The molecule has 1 aliphatic rings. The Hall–Kier alpha value is -1.79. The fourth-order valence-corrected chi connectivity index (χ4v) is 3.02. The first-order valence-electron chi connectivity index (χ1n) is 8.15. The van der Waals surface area contributed by atoms with Gasteiger partial charge in [0.15, 0.2) is 0 Å². The van der Waals surface area contributed by atoms with Crippen LogP contribution in [0.3, 0.4) is 0 Å². The number of benzene rings is 1. The lowest BCUT2D eigenvalue weighted by Crippen LogP contribution is -2.37. The number of amides is 3. The van der Waals surface area contributed by atoms with E-state index in [2.05, 4.69) is 16.0 Å². The molecule has 6 nitrogen and oxygen atoms in total. The summed E-state index contributed by atoms with van der Waals surface area (Å²) in [5.74, 6) is 0.573. The van der Waals surface area contributed by atoms with Crippen LogP contribution in [0.5, 0.6) is 0 Å². The van der Waals surface area contributed by atoms with Crippen LogP contribution in [0.25, 0.3) is 0 Å². The maximum absolute atomic E-state index is 12.2. The number of hydrogen-bond donors (Lipinski definition) is 4. The van der Waals surface area contributed by atoms with Crippen LogP contribution in [0.1, 0.15) is 36.4 Å². The molecule has 24 heavy (non-hydrogen) atoms. The molecule has 0 aliphatic carbocycles. The Morgan fingerprint density at radius 2 is 2.12 bits per heavy atom. The molecule has 2 atom stereocenters. The van der Waals surface area contributed by atoms with E-state index in [1.165, 1.54) is 6.42 Å². The van der Waals surface area contributed by atoms with Gasteiger partial charge in [0.05, 0.1) is 12.5 Å². The van der Waals surface area contributed by atoms with Gasteiger partial charge in [-0.3, -0.25) is 4.79 Å². The van der Waals surface area contributed by atoms with Gasteiger partial charge in [-0.1, -0.05) is 24.3 Å². The minimum absolute atomic E-state index is 0. The van der Waals surface area contributed by atoms with Crippen molar-refractivity contribution in [3.8, 4) is 0 Å². The van der Waals surface area contributed by atoms with E-state index < -0.39 is 12.1 Å². The van der Waals surface area contributed by atoms with Gasteiger partial charge in [-0.15, -0.1) is 12.4 Å². The molecule has 1 aromatic carbocycles. The van der Waals surface area contributed by atoms with Crippen LogP contribution in [0.2, 0.25) is 0 Å². The molecule has 0 saturated carbocycles. The van der Waals surface area contributed by atoms with Crippen molar-refractivity contribution in [2.24, 2.45) is 11.7 Å². The number of urea groups is 1. The van der Waals surface area contributed by atoms with E-state index in [-0.39, 0.29) is 24.7 Å². The normalized spacial score (nSPS) is 17.6. The largest absolute Gasteiger partial charge is 0.356 e. The van der Waals surface area contributed by atoms with Crippen LogP contribution in [0.4, 0.5) is 4.79 Å². The van der Waals surface area contributed by atoms with Crippen LogP contribution < -0.4 is 21.7 Å². The summed E-state index contributed by atoms with van der Waals surface area (Å²) >= 11 is 0. The van der Waals surface area contributed by atoms with Crippen molar-refractivity contribution in [2.75, 3.05) is 19.6 Å². The number of nitrogens with two attached hydrogens (primary N) is 1. The molecule has 0 radical (unpaired) electrons. The quantitative estimate of drug-likeness (QED) is 0.599. The van der Waals surface area contributed by atoms with Crippen molar-refractivity contribution in [1.82, 2.24) is 16.0 Å². The number of halogens is 1. The Kier molecular flexibility index (Phi) is 8.57. The first-order valence-corrected chi connectivity index (χ1v) is 8.15. The zero-order chi connectivity index (χ0) is 16.7. The number of rotatable bonds is 7. The second kappa shape index (κ2) is 10.2. The van der Waals surface area contributed by atoms with E-state index in [0.29, 0.717) is 12.5 Å². The molecule has 1 heterocycles. The van der Waals surface area contributed by atoms with Crippen LogP contribution in [0.15, 0.2) is 24.3 Å². The van der Waals surface area contributed by atoms with E-state index in [4.69, 9.17) is 5.73 Å². The van der Waals surface area contributed by atoms with Gasteiger partial charge in [-0.25, -0.2) is 4.79 Å². The van der Waals surface area contributed by atoms with Gasteiger partial charge >= 0.3 is 6.03 Å². The molecule has 5 N–H and O–H groups in total. The van der Waals surface area contributed by atoms with Crippen molar-refractivity contribution in [2.45, 2.75) is 32.2 Å². The first kappa shape index (κ1) is 20.3. The van der Waals surface area contributed by atoms with E-state index in [1.54, 1.807) is 0 Å².